The lowest BCUT2D eigenvalue weighted by Crippen LogP contribution is -2.04. The summed E-state index contributed by atoms with van der Waals surface area (Å²) in [5, 5.41) is 9.02. The summed E-state index contributed by atoms with van der Waals surface area (Å²) in [7, 11) is 0. The molecule has 3 nitrogen and oxygen atoms in total. The minimum absolute atomic E-state index is 0.00710. The standard InChI is InChI=1S/C8H11FN2OS/c1-5(3-12)13-8-7(9)6(2)10-4-11-8/h4-5,12H,3H2,1-2H3. The highest BCUT2D eigenvalue weighted by Gasteiger charge is 2.11. The number of aliphatic hydroxyl groups is 1. The predicted molar refractivity (Wildman–Crippen MR) is 49.1 cm³/mol. The molecule has 0 spiro atoms. The molecule has 0 saturated heterocycles. The number of hydrogen-bond acceptors (Lipinski definition) is 4. The summed E-state index contributed by atoms with van der Waals surface area (Å²) in [5.41, 5.74) is 0.336. The van der Waals surface area contributed by atoms with Crippen molar-refractivity contribution in [1.29, 1.82) is 0 Å². The molecule has 5 heteroatoms. The lowest BCUT2D eigenvalue weighted by Gasteiger charge is -2.07. The first-order chi connectivity index (χ1) is 6.15. The van der Waals surface area contributed by atoms with Gasteiger partial charge in [0.2, 0.25) is 0 Å². The third kappa shape index (κ3) is 2.63. The third-order valence-electron chi connectivity index (χ3n) is 1.50. The first kappa shape index (κ1) is 10.4. The molecule has 1 aromatic rings. The Bertz CT molecular complexity index is 295. The van der Waals surface area contributed by atoms with Crippen LogP contribution in [0.4, 0.5) is 4.39 Å². The molecule has 0 amide bonds. The fourth-order valence-electron chi connectivity index (χ4n) is 0.746. The van der Waals surface area contributed by atoms with Crippen LogP contribution < -0.4 is 0 Å². The fraction of sp³-hybridized carbons (Fsp3) is 0.500. The van der Waals surface area contributed by atoms with Gasteiger partial charge in [0.1, 0.15) is 11.4 Å². The van der Waals surface area contributed by atoms with Crippen LogP contribution in [0.5, 0.6) is 0 Å². The number of halogens is 1. The van der Waals surface area contributed by atoms with Gasteiger partial charge in [-0.05, 0) is 6.92 Å². The first-order valence-corrected chi connectivity index (χ1v) is 4.77. The predicted octanol–water partition coefficient (Wildman–Crippen LogP) is 1.40. The van der Waals surface area contributed by atoms with Crippen LogP contribution in [0.25, 0.3) is 0 Å². The third-order valence-corrected chi connectivity index (χ3v) is 2.56. The van der Waals surface area contributed by atoms with Crippen LogP contribution in [0.2, 0.25) is 0 Å². The van der Waals surface area contributed by atoms with Gasteiger partial charge in [0.05, 0.1) is 12.3 Å². The summed E-state index contributed by atoms with van der Waals surface area (Å²) in [6.45, 7) is 3.40. The monoisotopic (exact) mass is 202 g/mol. The van der Waals surface area contributed by atoms with E-state index in [1.54, 1.807) is 6.92 Å². The SMILES string of the molecule is Cc1ncnc(SC(C)CO)c1F. The lowest BCUT2D eigenvalue weighted by molar-refractivity contribution is 0.300. The molecule has 0 fully saturated rings. The second-order valence-corrected chi connectivity index (χ2v) is 4.12. The number of hydrogen-bond donors (Lipinski definition) is 1. The van der Waals surface area contributed by atoms with Crippen LogP contribution in [-0.4, -0.2) is 26.9 Å². The zero-order valence-electron chi connectivity index (χ0n) is 7.49. The Kier molecular flexibility index (Phi) is 3.62. The van der Waals surface area contributed by atoms with Gasteiger partial charge in [0.25, 0.3) is 0 Å². The number of thioether (sulfide) groups is 1. The zero-order chi connectivity index (χ0) is 9.84. The largest absolute Gasteiger partial charge is 0.395 e. The molecule has 1 heterocycles. The second-order valence-electron chi connectivity index (χ2n) is 2.69. The Labute approximate surface area is 80.4 Å². The van der Waals surface area contributed by atoms with E-state index in [1.807, 2.05) is 6.92 Å². The van der Waals surface area contributed by atoms with Crippen molar-refractivity contribution in [1.82, 2.24) is 9.97 Å². The Morgan fingerprint density at radius 1 is 1.62 bits per heavy atom. The molecule has 13 heavy (non-hydrogen) atoms. The molecule has 1 N–H and O–H groups in total. The Morgan fingerprint density at radius 3 is 2.92 bits per heavy atom. The van der Waals surface area contributed by atoms with Crippen molar-refractivity contribution in [3.05, 3.63) is 17.8 Å². The van der Waals surface area contributed by atoms with Crippen LogP contribution >= 0.6 is 11.8 Å². The van der Waals surface area contributed by atoms with E-state index in [9.17, 15) is 4.39 Å². The highest BCUT2D eigenvalue weighted by molar-refractivity contribution is 7.99. The van der Waals surface area contributed by atoms with Crippen LogP contribution in [0.15, 0.2) is 11.4 Å². The molecule has 1 atom stereocenters. The quantitative estimate of drug-likeness (QED) is 0.594. The Balaban J connectivity index is 2.83. The van der Waals surface area contributed by atoms with Crippen molar-refractivity contribution in [2.75, 3.05) is 6.61 Å². The van der Waals surface area contributed by atoms with Crippen LogP contribution in [0, 0.1) is 12.7 Å². The minimum Gasteiger partial charge on any atom is -0.395 e. The molecule has 1 rings (SSSR count). The number of rotatable bonds is 3. The summed E-state index contributed by atoms with van der Waals surface area (Å²) in [6.07, 6.45) is 1.32. The molecule has 72 valence electrons. The van der Waals surface area contributed by atoms with Crippen molar-refractivity contribution >= 4 is 11.8 Å². The topological polar surface area (TPSA) is 46.0 Å². The highest BCUT2D eigenvalue weighted by Crippen LogP contribution is 2.23. The average Bonchev–Trinajstić information content (AvgIpc) is 2.13. The van der Waals surface area contributed by atoms with Gasteiger partial charge < -0.3 is 5.11 Å². The molecule has 0 aromatic carbocycles. The number of nitrogens with zero attached hydrogens (tertiary/aromatic N) is 2. The molecule has 0 bridgehead atoms. The van der Waals surface area contributed by atoms with E-state index >= 15 is 0 Å². The van der Waals surface area contributed by atoms with E-state index in [1.165, 1.54) is 18.1 Å². The van der Waals surface area contributed by atoms with Gasteiger partial charge in [-0.3, -0.25) is 0 Å². The maximum Gasteiger partial charge on any atom is 0.176 e. The van der Waals surface area contributed by atoms with E-state index in [2.05, 4.69) is 9.97 Å². The van der Waals surface area contributed by atoms with E-state index in [0.29, 0.717) is 10.7 Å². The molecule has 0 radical (unpaired) electrons. The van der Waals surface area contributed by atoms with Crippen molar-refractivity contribution in [3.63, 3.8) is 0 Å². The van der Waals surface area contributed by atoms with Crippen LogP contribution in [0.1, 0.15) is 12.6 Å². The van der Waals surface area contributed by atoms with Gasteiger partial charge in [0.15, 0.2) is 5.82 Å². The van der Waals surface area contributed by atoms with Crippen molar-refractivity contribution in [2.45, 2.75) is 24.1 Å². The summed E-state index contributed by atoms with van der Waals surface area (Å²) in [5.74, 6) is -0.396. The Morgan fingerprint density at radius 2 is 2.31 bits per heavy atom. The van der Waals surface area contributed by atoms with Gasteiger partial charge in [0, 0.05) is 5.25 Å². The molecule has 0 aliphatic rings. The first-order valence-electron chi connectivity index (χ1n) is 3.89. The number of aryl methyl sites for hydroxylation is 1. The highest BCUT2D eigenvalue weighted by atomic mass is 32.2. The van der Waals surface area contributed by atoms with Crippen molar-refractivity contribution < 1.29 is 9.50 Å². The molecular weight excluding hydrogens is 191 g/mol. The van der Waals surface area contributed by atoms with E-state index in [4.69, 9.17) is 5.11 Å². The number of aliphatic hydroxyl groups excluding tert-OH is 1. The van der Waals surface area contributed by atoms with Crippen molar-refractivity contribution in [2.24, 2.45) is 0 Å². The molecule has 0 aliphatic carbocycles. The minimum atomic E-state index is -0.396. The summed E-state index contributed by atoms with van der Waals surface area (Å²) >= 11 is 1.21. The fourth-order valence-corrected chi connectivity index (χ4v) is 1.56. The average molecular weight is 202 g/mol. The van der Waals surface area contributed by atoms with E-state index in [0.717, 1.165) is 0 Å². The van der Waals surface area contributed by atoms with Gasteiger partial charge in [-0.2, -0.15) is 0 Å². The lowest BCUT2D eigenvalue weighted by atomic mass is 10.4. The Hall–Kier alpha value is -0.680. The smallest absolute Gasteiger partial charge is 0.176 e. The maximum absolute atomic E-state index is 13.3. The maximum atomic E-state index is 13.3. The molecule has 1 unspecified atom stereocenters. The van der Waals surface area contributed by atoms with Crippen LogP contribution in [-0.2, 0) is 0 Å². The second kappa shape index (κ2) is 4.53. The summed E-state index contributed by atoms with van der Waals surface area (Å²) in [6, 6.07) is 0. The molecule has 0 aliphatic heterocycles. The van der Waals surface area contributed by atoms with E-state index in [-0.39, 0.29) is 11.9 Å². The van der Waals surface area contributed by atoms with Gasteiger partial charge in [-0.1, -0.05) is 18.7 Å². The van der Waals surface area contributed by atoms with Gasteiger partial charge in [-0.25, -0.2) is 14.4 Å². The van der Waals surface area contributed by atoms with Gasteiger partial charge in [-0.15, -0.1) is 0 Å². The molecule has 1 aromatic heterocycles. The van der Waals surface area contributed by atoms with Gasteiger partial charge >= 0.3 is 0 Å². The zero-order valence-corrected chi connectivity index (χ0v) is 8.31. The summed E-state index contributed by atoms with van der Waals surface area (Å²) in [4.78, 5) is 7.50. The van der Waals surface area contributed by atoms with Crippen LogP contribution in [0.3, 0.4) is 0 Å². The molecule has 0 saturated carbocycles. The normalized spacial score (nSPS) is 12.9. The molecular formula is C8H11FN2OS. The number of aromatic nitrogens is 2. The van der Waals surface area contributed by atoms with E-state index < -0.39 is 5.82 Å². The summed E-state index contributed by atoms with van der Waals surface area (Å²) < 4.78 is 13.3. The van der Waals surface area contributed by atoms with Crippen molar-refractivity contribution in [3.8, 4) is 0 Å².